The van der Waals surface area contributed by atoms with Crippen LogP contribution in [0.25, 0.3) is 16.8 Å². The molecule has 1 N–H and O–H groups in total. The zero-order valence-corrected chi connectivity index (χ0v) is 15.0. The summed E-state index contributed by atoms with van der Waals surface area (Å²) in [5.41, 5.74) is 4.26. The molecule has 0 saturated heterocycles. The van der Waals surface area contributed by atoms with E-state index in [1.807, 2.05) is 68.5 Å². The fourth-order valence-corrected chi connectivity index (χ4v) is 2.73. The maximum atomic E-state index is 12.3. The van der Waals surface area contributed by atoms with E-state index >= 15 is 0 Å². The number of hydrogen-bond donors (Lipinski definition) is 1. The maximum absolute atomic E-state index is 12.3. The van der Waals surface area contributed by atoms with Gasteiger partial charge in [-0.15, -0.1) is 5.10 Å². The first kappa shape index (κ1) is 17.6. The molecule has 1 amide bonds. The second-order valence-electron chi connectivity index (χ2n) is 5.96. The van der Waals surface area contributed by atoms with Crippen LogP contribution < -0.4 is 5.32 Å². The van der Waals surface area contributed by atoms with Crippen molar-refractivity contribution < 1.29 is 4.79 Å². The summed E-state index contributed by atoms with van der Waals surface area (Å²) < 4.78 is 1.69. The Morgan fingerprint density at radius 1 is 1.08 bits per heavy atom. The van der Waals surface area contributed by atoms with Crippen molar-refractivity contribution in [2.75, 3.05) is 6.54 Å². The van der Waals surface area contributed by atoms with Crippen LogP contribution in [0, 0.1) is 6.92 Å². The van der Waals surface area contributed by atoms with Crippen molar-refractivity contribution in [1.29, 1.82) is 0 Å². The van der Waals surface area contributed by atoms with Gasteiger partial charge < -0.3 is 5.32 Å². The Morgan fingerprint density at radius 3 is 2.46 bits per heavy atom. The third-order valence-corrected chi connectivity index (χ3v) is 4.16. The predicted molar refractivity (Wildman–Crippen MR) is 103 cm³/mol. The molecule has 0 fully saturated rings. The molecule has 1 heterocycles. The minimum Gasteiger partial charge on any atom is -0.350 e. The van der Waals surface area contributed by atoms with Gasteiger partial charge >= 0.3 is 0 Å². The van der Waals surface area contributed by atoms with Crippen LogP contribution in [0.4, 0.5) is 0 Å². The van der Waals surface area contributed by atoms with Crippen LogP contribution in [0.5, 0.6) is 0 Å². The fourth-order valence-electron chi connectivity index (χ4n) is 2.73. The highest BCUT2D eigenvalue weighted by Gasteiger charge is 2.16. The van der Waals surface area contributed by atoms with Gasteiger partial charge in [0.2, 0.25) is 0 Å². The molecule has 0 spiro atoms. The first-order valence-electron chi connectivity index (χ1n) is 8.68. The molecule has 0 unspecified atom stereocenters. The van der Waals surface area contributed by atoms with Gasteiger partial charge in [-0.2, -0.15) is 0 Å². The summed E-state index contributed by atoms with van der Waals surface area (Å²) in [5.74, 6) is -0.195. The first-order valence-corrected chi connectivity index (χ1v) is 8.68. The third kappa shape index (κ3) is 3.88. The number of allylic oxidation sites excluding steroid dienone is 1. The molecule has 0 aliphatic heterocycles. The van der Waals surface area contributed by atoms with E-state index in [0.29, 0.717) is 12.2 Å². The SMILES string of the molecule is C/C=C/CCNC(=O)c1nnn(-c2ccc(-c3ccccc3)cc2)c1C. The van der Waals surface area contributed by atoms with Crippen molar-refractivity contribution >= 4 is 5.91 Å². The molecule has 0 bridgehead atoms. The van der Waals surface area contributed by atoms with E-state index in [1.165, 1.54) is 0 Å². The van der Waals surface area contributed by atoms with Crippen LogP contribution >= 0.6 is 0 Å². The Kier molecular flexibility index (Phi) is 5.59. The summed E-state index contributed by atoms with van der Waals surface area (Å²) in [4.78, 5) is 12.3. The second kappa shape index (κ2) is 8.25. The predicted octanol–water partition coefficient (Wildman–Crippen LogP) is 3.94. The monoisotopic (exact) mass is 346 g/mol. The Labute approximate surface area is 153 Å². The summed E-state index contributed by atoms with van der Waals surface area (Å²) in [6, 6.07) is 18.2. The minimum atomic E-state index is -0.195. The number of benzene rings is 2. The third-order valence-electron chi connectivity index (χ3n) is 4.16. The lowest BCUT2D eigenvalue weighted by molar-refractivity contribution is 0.0948. The van der Waals surface area contributed by atoms with Crippen molar-refractivity contribution in [3.8, 4) is 16.8 Å². The second-order valence-corrected chi connectivity index (χ2v) is 5.96. The number of carbonyl (C=O) groups is 1. The number of nitrogens with one attached hydrogen (secondary N) is 1. The van der Waals surface area contributed by atoms with Crippen molar-refractivity contribution in [3.63, 3.8) is 0 Å². The smallest absolute Gasteiger partial charge is 0.273 e. The van der Waals surface area contributed by atoms with E-state index in [2.05, 4.69) is 27.8 Å². The maximum Gasteiger partial charge on any atom is 0.273 e. The van der Waals surface area contributed by atoms with Gasteiger partial charge in [0, 0.05) is 6.54 Å². The van der Waals surface area contributed by atoms with Crippen LogP contribution in [0.1, 0.15) is 29.5 Å². The standard InChI is InChI=1S/C21H22N4O/c1-3-4-8-15-22-21(26)20-16(2)25(24-23-20)19-13-11-18(12-14-19)17-9-6-5-7-10-17/h3-7,9-14H,8,15H2,1-2H3,(H,22,26)/b4-3+. The van der Waals surface area contributed by atoms with Crippen molar-refractivity contribution in [3.05, 3.63) is 78.1 Å². The van der Waals surface area contributed by atoms with Crippen molar-refractivity contribution in [2.45, 2.75) is 20.3 Å². The van der Waals surface area contributed by atoms with Gasteiger partial charge in [-0.25, -0.2) is 4.68 Å². The Hall–Kier alpha value is -3.21. The number of nitrogens with zero attached hydrogens (tertiary/aromatic N) is 3. The summed E-state index contributed by atoms with van der Waals surface area (Å²) in [7, 11) is 0. The highest BCUT2D eigenvalue weighted by atomic mass is 16.2. The molecule has 0 radical (unpaired) electrons. The lowest BCUT2D eigenvalue weighted by Gasteiger charge is -2.06. The van der Waals surface area contributed by atoms with Crippen LogP contribution in [0.2, 0.25) is 0 Å². The Balaban J connectivity index is 1.76. The fraction of sp³-hybridized carbons (Fsp3) is 0.190. The molecule has 0 atom stereocenters. The Bertz CT molecular complexity index is 896. The van der Waals surface area contributed by atoms with E-state index in [4.69, 9.17) is 0 Å². The highest BCUT2D eigenvalue weighted by molar-refractivity contribution is 5.93. The van der Waals surface area contributed by atoms with E-state index < -0.39 is 0 Å². The van der Waals surface area contributed by atoms with Gasteiger partial charge in [0.25, 0.3) is 5.91 Å². The molecule has 5 nitrogen and oxygen atoms in total. The molecule has 0 aliphatic carbocycles. The average Bonchev–Trinajstić information content (AvgIpc) is 3.07. The number of carbonyl (C=O) groups excluding carboxylic acids is 1. The van der Waals surface area contributed by atoms with Crippen molar-refractivity contribution in [1.82, 2.24) is 20.3 Å². The number of rotatable bonds is 6. The van der Waals surface area contributed by atoms with Crippen LogP contribution in [0.15, 0.2) is 66.7 Å². The quantitative estimate of drug-likeness (QED) is 0.543. The van der Waals surface area contributed by atoms with Crippen LogP contribution in [-0.2, 0) is 0 Å². The number of amides is 1. The first-order chi connectivity index (χ1) is 12.7. The van der Waals surface area contributed by atoms with Gasteiger partial charge in [-0.1, -0.05) is 59.8 Å². The molecule has 5 heteroatoms. The zero-order valence-electron chi connectivity index (χ0n) is 15.0. The molecule has 3 aromatic rings. The van der Waals surface area contributed by atoms with Crippen LogP contribution in [0.3, 0.4) is 0 Å². The molecular weight excluding hydrogens is 324 g/mol. The highest BCUT2D eigenvalue weighted by Crippen LogP contribution is 2.21. The molecular formula is C21H22N4O. The lowest BCUT2D eigenvalue weighted by Crippen LogP contribution is -2.25. The molecule has 3 rings (SSSR count). The molecule has 0 aliphatic rings. The molecule has 26 heavy (non-hydrogen) atoms. The van der Waals surface area contributed by atoms with Gasteiger partial charge in [-0.3, -0.25) is 4.79 Å². The average molecular weight is 346 g/mol. The lowest BCUT2D eigenvalue weighted by atomic mass is 10.1. The molecule has 0 saturated carbocycles. The van der Waals surface area contributed by atoms with Gasteiger partial charge in [0.05, 0.1) is 11.4 Å². The van der Waals surface area contributed by atoms with Crippen molar-refractivity contribution in [2.24, 2.45) is 0 Å². The molecule has 2 aromatic carbocycles. The minimum absolute atomic E-state index is 0.195. The number of hydrogen-bond acceptors (Lipinski definition) is 3. The normalized spacial score (nSPS) is 11.0. The van der Waals surface area contributed by atoms with Gasteiger partial charge in [0.15, 0.2) is 5.69 Å². The summed E-state index contributed by atoms with van der Waals surface area (Å²) in [6.45, 7) is 4.40. The Morgan fingerprint density at radius 2 is 1.77 bits per heavy atom. The summed E-state index contributed by atoms with van der Waals surface area (Å²) in [5, 5.41) is 11.1. The summed E-state index contributed by atoms with van der Waals surface area (Å²) >= 11 is 0. The topological polar surface area (TPSA) is 59.8 Å². The van der Waals surface area contributed by atoms with E-state index in [-0.39, 0.29) is 5.91 Å². The van der Waals surface area contributed by atoms with Gasteiger partial charge in [-0.05, 0) is 43.5 Å². The number of aromatic nitrogens is 3. The molecule has 132 valence electrons. The summed E-state index contributed by atoms with van der Waals surface area (Å²) in [6.07, 6.45) is 4.78. The van der Waals surface area contributed by atoms with E-state index in [1.54, 1.807) is 4.68 Å². The molecule has 1 aromatic heterocycles. The van der Waals surface area contributed by atoms with Crippen LogP contribution in [-0.4, -0.2) is 27.4 Å². The largest absolute Gasteiger partial charge is 0.350 e. The zero-order chi connectivity index (χ0) is 18.4. The van der Waals surface area contributed by atoms with Gasteiger partial charge in [0.1, 0.15) is 0 Å². The van der Waals surface area contributed by atoms with E-state index in [0.717, 1.165) is 28.9 Å². The van der Waals surface area contributed by atoms with E-state index in [9.17, 15) is 4.79 Å².